The van der Waals surface area contributed by atoms with Gasteiger partial charge < -0.3 is 9.47 Å². The molecule has 3 rings (SSSR count). The molecule has 0 spiro atoms. The highest BCUT2D eigenvalue weighted by Gasteiger charge is 2.43. The summed E-state index contributed by atoms with van der Waals surface area (Å²) in [5.74, 6) is -0.589. The van der Waals surface area contributed by atoms with Crippen molar-refractivity contribution in [2.75, 3.05) is 13.1 Å². The molecule has 1 amide bonds. The number of carbonyl (C=O) groups is 2. The zero-order chi connectivity index (χ0) is 16.6. The summed E-state index contributed by atoms with van der Waals surface area (Å²) in [6.07, 6.45) is 1.78. The number of amides is 1. The van der Waals surface area contributed by atoms with E-state index in [1.54, 1.807) is 34.8 Å². The van der Waals surface area contributed by atoms with Gasteiger partial charge in [-0.3, -0.25) is 9.59 Å². The molecule has 0 radical (unpaired) electrons. The first-order chi connectivity index (χ1) is 10.9. The molecule has 1 saturated heterocycles. The largest absolute Gasteiger partial charge is 0.348 e. The Morgan fingerprint density at radius 2 is 1.78 bits per heavy atom. The summed E-state index contributed by atoms with van der Waals surface area (Å²) < 4.78 is 1.69. The molecule has 0 saturated carbocycles. The average molecular weight is 310 g/mol. The number of benzene rings is 1. The molecular weight excluding hydrogens is 288 g/mol. The summed E-state index contributed by atoms with van der Waals surface area (Å²) in [6, 6.07) is 13.7. The molecule has 1 aliphatic rings. The van der Waals surface area contributed by atoms with Crippen molar-refractivity contribution in [3.05, 3.63) is 59.9 Å². The second kappa shape index (κ2) is 5.69. The van der Waals surface area contributed by atoms with E-state index in [0.717, 1.165) is 0 Å². The number of ketones is 1. The summed E-state index contributed by atoms with van der Waals surface area (Å²) in [6.45, 7) is 5.50. The minimum absolute atomic E-state index is 0.0501. The van der Waals surface area contributed by atoms with E-state index in [1.807, 2.05) is 18.2 Å². The van der Waals surface area contributed by atoms with Crippen LogP contribution in [-0.2, 0) is 11.8 Å². The maximum Gasteiger partial charge on any atom is 0.296 e. The van der Waals surface area contributed by atoms with Gasteiger partial charge in [0.2, 0.25) is 0 Å². The Balaban J connectivity index is 1.82. The van der Waals surface area contributed by atoms with E-state index in [-0.39, 0.29) is 11.3 Å². The van der Waals surface area contributed by atoms with Crippen molar-refractivity contribution < 1.29 is 9.59 Å². The maximum absolute atomic E-state index is 12.6. The van der Waals surface area contributed by atoms with Crippen molar-refractivity contribution in [1.29, 1.82) is 0 Å². The van der Waals surface area contributed by atoms with E-state index in [2.05, 4.69) is 26.0 Å². The molecular formula is C19H22N2O2. The lowest BCUT2D eigenvalue weighted by Gasteiger charge is -2.25. The Kier molecular flexibility index (Phi) is 3.84. The van der Waals surface area contributed by atoms with Crippen LogP contribution in [0.25, 0.3) is 0 Å². The summed E-state index contributed by atoms with van der Waals surface area (Å²) >= 11 is 0. The number of hydrogen-bond acceptors (Lipinski definition) is 2. The minimum Gasteiger partial charge on any atom is -0.348 e. The molecule has 1 atom stereocenters. The van der Waals surface area contributed by atoms with Crippen LogP contribution in [0.1, 0.15) is 35.8 Å². The van der Waals surface area contributed by atoms with Crippen molar-refractivity contribution in [3.63, 3.8) is 0 Å². The number of hydrogen-bond donors (Lipinski definition) is 0. The quantitative estimate of drug-likeness (QED) is 0.646. The highest BCUT2D eigenvalue weighted by atomic mass is 16.2. The summed E-state index contributed by atoms with van der Waals surface area (Å²) in [5.41, 5.74) is 1.61. The Hall–Kier alpha value is -2.36. The van der Waals surface area contributed by atoms with Crippen LogP contribution in [0.2, 0.25) is 0 Å². The van der Waals surface area contributed by atoms with E-state index >= 15 is 0 Å². The molecule has 120 valence electrons. The van der Waals surface area contributed by atoms with Gasteiger partial charge >= 0.3 is 0 Å². The van der Waals surface area contributed by atoms with Crippen LogP contribution in [0.3, 0.4) is 0 Å². The molecule has 4 nitrogen and oxygen atoms in total. The molecule has 4 heteroatoms. The normalized spacial score (nSPS) is 19.8. The third-order valence-corrected chi connectivity index (χ3v) is 4.80. The van der Waals surface area contributed by atoms with Crippen molar-refractivity contribution in [3.8, 4) is 0 Å². The first-order valence-corrected chi connectivity index (χ1v) is 7.90. The Bertz CT molecular complexity index is 731. The van der Waals surface area contributed by atoms with E-state index in [4.69, 9.17) is 0 Å². The average Bonchev–Trinajstić information content (AvgIpc) is 3.09. The van der Waals surface area contributed by atoms with Crippen molar-refractivity contribution in [2.24, 2.45) is 12.5 Å². The van der Waals surface area contributed by atoms with Crippen LogP contribution in [0.15, 0.2) is 48.7 Å². The molecule has 0 bridgehead atoms. The molecule has 0 aliphatic carbocycles. The number of nitrogens with zero attached hydrogens (tertiary/aromatic N) is 2. The number of aryl methyl sites for hydroxylation is 1. The molecule has 2 heterocycles. The van der Waals surface area contributed by atoms with Gasteiger partial charge in [-0.25, -0.2) is 0 Å². The van der Waals surface area contributed by atoms with Gasteiger partial charge in [-0.2, -0.15) is 0 Å². The summed E-state index contributed by atoms with van der Waals surface area (Å²) in [5, 5.41) is 0. The summed E-state index contributed by atoms with van der Waals surface area (Å²) in [7, 11) is 1.78. The van der Waals surface area contributed by atoms with Crippen LogP contribution >= 0.6 is 0 Å². The van der Waals surface area contributed by atoms with Gasteiger partial charge in [0.15, 0.2) is 0 Å². The first-order valence-electron chi connectivity index (χ1n) is 7.90. The van der Waals surface area contributed by atoms with Gasteiger partial charge in [-0.15, -0.1) is 0 Å². The zero-order valence-electron chi connectivity index (χ0n) is 13.8. The van der Waals surface area contributed by atoms with Gasteiger partial charge in [0.25, 0.3) is 11.7 Å². The molecule has 1 aliphatic heterocycles. The van der Waals surface area contributed by atoms with Crippen molar-refractivity contribution >= 4 is 11.7 Å². The van der Waals surface area contributed by atoms with Gasteiger partial charge in [0.05, 0.1) is 5.69 Å². The van der Waals surface area contributed by atoms with Crippen LogP contribution in [0.5, 0.6) is 0 Å². The maximum atomic E-state index is 12.6. The Morgan fingerprint density at radius 1 is 1.09 bits per heavy atom. The second-order valence-corrected chi connectivity index (χ2v) is 6.97. The molecule has 1 aromatic heterocycles. The molecule has 0 N–H and O–H groups in total. The van der Waals surface area contributed by atoms with E-state index < -0.39 is 11.7 Å². The number of aromatic nitrogens is 1. The smallest absolute Gasteiger partial charge is 0.296 e. The van der Waals surface area contributed by atoms with Gasteiger partial charge in [-0.1, -0.05) is 44.2 Å². The Labute approximate surface area is 136 Å². The molecule has 0 unspecified atom stereocenters. The van der Waals surface area contributed by atoms with Crippen molar-refractivity contribution in [1.82, 2.24) is 9.47 Å². The fraction of sp³-hybridized carbons (Fsp3) is 0.368. The molecule has 2 aromatic rings. The fourth-order valence-electron chi connectivity index (χ4n) is 3.48. The fourth-order valence-corrected chi connectivity index (χ4v) is 3.48. The lowest BCUT2D eigenvalue weighted by Crippen LogP contribution is -2.36. The summed E-state index contributed by atoms with van der Waals surface area (Å²) in [4.78, 5) is 26.8. The SMILES string of the molecule is Cn1cccc1C(=O)C(=O)N1C[C@@H](c2ccccc2)C(C)(C)C1. The third kappa shape index (κ3) is 2.81. The minimum atomic E-state index is -0.429. The Morgan fingerprint density at radius 3 is 2.39 bits per heavy atom. The number of likely N-dealkylation sites (tertiary alicyclic amines) is 1. The van der Waals surface area contributed by atoms with Crippen LogP contribution < -0.4 is 0 Å². The van der Waals surface area contributed by atoms with E-state index in [1.165, 1.54) is 5.56 Å². The lowest BCUT2D eigenvalue weighted by atomic mass is 9.78. The van der Waals surface area contributed by atoms with Crippen LogP contribution in [0.4, 0.5) is 0 Å². The van der Waals surface area contributed by atoms with E-state index in [9.17, 15) is 9.59 Å². The zero-order valence-corrected chi connectivity index (χ0v) is 13.8. The molecule has 1 fully saturated rings. The van der Waals surface area contributed by atoms with Gasteiger partial charge in [0.1, 0.15) is 0 Å². The molecule has 23 heavy (non-hydrogen) atoms. The van der Waals surface area contributed by atoms with E-state index in [0.29, 0.717) is 18.8 Å². The standard InChI is InChI=1S/C19H22N2O2/c1-19(2)13-21(12-15(19)14-8-5-4-6-9-14)18(23)17(22)16-10-7-11-20(16)3/h4-11,15H,12-13H2,1-3H3/t15-/m0/s1. The monoisotopic (exact) mass is 310 g/mol. The first kappa shape index (κ1) is 15.5. The van der Waals surface area contributed by atoms with Gasteiger partial charge in [-0.05, 0) is 23.1 Å². The topological polar surface area (TPSA) is 42.3 Å². The highest BCUT2D eigenvalue weighted by Crippen LogP contribution is 2.42. The number of rotatable bonds is 3. The van der Waals surface area contributed by atoms with Crippen LogP contribution in [0, 0.1) is 5.41 Å². The third-order valence-electron chi connectivity index (χ3n) is 4.80. The molecule has 1 aromatic carbocycles. The predicted molar refractivity (Wildman–Crippen MR) is 89.3 cm³/mol. The number of Topliss-reactive ketones (excluding diaryl/α,β-unsaturated/α-hetero) is 1. The number of carbonyl (C=O) groups excluding carboxylic acids is 2. The van der Waals surface area contributed by atoms with Crippen LogP contribution in [-0.4, -0.2) is 34.2 Å². The predicted octanol–water partition coefficient (Wildman–Crippen LogP) is 2.86. The van der Waals surface area contributed by atoms with Crippen molar-refractivity contribution in [2.45, 2.75) is 19.8 Å². The van der Waals surface area contributed by atoms with Gasteiger partial charge in [0, 0.05) is 32.3 Å². The lowest BCUT2D eigenvalue weighted by molar-refractivity contribution is -0.125. The second-order valence-electron chi connectivity index (χ2n) is 6.97. The highest BCUT2D eigenvalue weighted by molar-refractivity contribution is 6.42.